The van der Waals surface area contributed by atoms with E-state index in [0.29, 0.717) is 23.0 Å². The van der Waals surface area contributed by atoms with Crippen LogP contribution in [-0.4, -0.2) is 11.9 Å². The summed E-state index contributed by atoms with van der Waals surface area (Å²) in [7, 11) is 0. The van der Waals surface area contributed by atoms with Crippen LogP contribution in [0, 0.1) is 24.6 Å². The Balaban J connectivity index is 2.06. The molecule has 1 aromatic rings. The maximum absolute atomic E-state index is 13.5. The highest BCUT2D eigenvalue weighted by molar-refractivity contribution is 5.94. The lowest BCUT2D eigenvalue weighted by Crippen LogP contribution is -2.43. The normalized spacial score (nSPS) is 27.1. The number of aryl methyl sites for hydroxylation is 1. The van der Waals surface area contributed by atoms with Gasteiger partial charge in [-0.05, 0) is 42.9 Å². The average molecular weight is 263 g/mol. The molecule has 1 aliphatic rings. The molecule has 2 rings (SSSR count). The van der Waals surface area contributed by atoms with Crippen molar-refractivity contribution in [2.24, 2.45) is 11.8 Å². The van der Waals surface area contributed by atoms with Crippen molar-refractivity contribution >= 4 is 5.91 Å². The van der Waals surface area contributed by atoms with E-state index < -0.39 is 0 Å². The molecule has 1 N–H and O–H groups in total. The van der Waals surface area contributed by atoms with Crippen molar-refractivity contribution in [3.8, 4) is 0 Å². The fourth-order valence-electron chi connectivity index (χ4n) is 2.77. The fraction of sp³-hybridized carbons (Fsp3) is 0.562. The van der Waals surface area contributed by atoms with E-state index in [4.69, 9.17) is 0 Å². The van der Waals surface area contributed by atoms with E-state index in [1.54, 1.807) is 19.1 Å². The summed E-state index contributed by atoms with van der Waals surface area (Å²) in [5.41, 5.74) is 0.977. The van der Waals surface area contributed by atoms with E-state index >= 15 is 0 Å². The predicted molar refractivity (Wildman–Crippen MR) is 74.6 cm³/mol. The number of carbonyl (C=O) groups excluding carboxylic acids is 1. The van der Waals surface area contributed by atoms with Gasteiger partial charge < -0.3 is 5.32 Å². The molecule has 0 aliphatic heterocycles. The van der Waals surface area contributed by atoms with Crippen LogP contribution in [-0.2, 0) is 0 Å². The largest absolute Gasteiger partial charge is 0.349 e. The molecule has 0 aromatic heterocycles. The Kier molecular flexibility index (Phi) is 4.23. The second-order valence-corrected chi connectivity index (χ2v) is 5.81. The maximum atomic E-state index is 13.5. The molecule has 1 aromatic carbocycles. The van der Waals surface area contributed by atoms with Crippen LogP contribution in [0.2, 0.25) is 0 Å². The maximum Gasteiger partial charge on any atom is 0.251 e. The zero-order valence-electron chi connectivity index (χ0n) is 11.9. The number of nitrogens with one attached hydrogen (secondary N) is 1. The SMILES string of the molecule is Cc1ccc(C(=O)NC2CCCC(C)C2C)cc1F. The smallest absolute Gasteiger partial charge is 0.251 e. The lowest BCUT2D eigenvalue weighted by atomic mass is 9.78. The third-order valence-electron chi connectivity index (χ3n) is 4.46. The molecule has 19 heavy (non-hydrogen) atoms. The van der Waals surface area contributed by atoms with Gasteiger partial charge in [0.05, 0.1) is 0 Å². The molecule has 0 radical (unpaired) electrons. The highest BCUT2D eigenvalue weighted by Gasteiger charge is 2.28. The molecular formula is C16H22FNO. The molecule has 3 atom stereocenters. The number of amides is 1. The average Bonchev–Trinajstić information content (AvgIpc) is 2.38. The number of hydrogen-bond acceptors (Lipinski definition) is 1. The number of carbonyl (C=O) groups is 1. The first-order chi connectivity index (χ1) is 8.99. The summed E-state index contributed by atoms with van der Waals surface area (Å²) in [6.45, 7) is 6.11. The quantitative estimate of drug-likeness (QED) is 0.866. The Hall–Kier alpha value is -1.38. The molecule has 0 bridgehead atoms. The first-order valence-electron chi connectivity index (χ1n) is 7.06. The van der Waals surface area contributed by atoms with Gasteiger partial charge in [0, 0.05) is 11.6 Å². The van der Waals surface area contributed by atoms with Crippen LogP contribution in [0.4, 0.5) is 4.39 Å². The summed E-state index contributed by atoms with van der Waals surface area (Å²) in [5.74, 6) is 0.629. The molecular weight excluding hydrogens is 241 g/mol. The summed E-state index contributed by atoms with van der Waals surface area (Å²) < 4.78 is 13.5. The Morgan fingerprint density at radius 2 is 2.05 bits per heavy atom. The van der Waals surface area contributed by atoms with Gasteiger partial charge in [0.1, 0.15) is 5.82 Å². The molecule has 2 nitrogen and oxygen atoms in total. The van der Waals surface area contributed by atoms with Crippen LogP contribution in [0.1, 0.15) is 49.0 Å². The van der Waals surface area contributed by atoms with Gasteiger partial charge in [-0.3, -0.25) is 4.79 Å². The van der Waals surface area contributed by atoms with Gasteiger partial charge in [-0.1, -0.05) is 32.8 Å². The summed E-state index contributed by atoms with van der Waals surface area (Å²) >= 11 is 0. The van der Waals surface area contributed by atoms with Crippen molar-refractivity contribution in [1.82, 2.24) is 5.32 Å². The number of halogens is 1. The van der Waals surface area contributed by atoms with Gasteiger partial charge in [-0.15, -0.1) is 0 Å². The Bertz CT molecular complexity index is 472. The van der Waals surface area contributed by atoms with Gasteiger partial charge in [0.15, 0.2) is 0 Å². The number of benzene rings is 1. The van der Waals surface area contributed by atoms with E-state index in [2.05, 4.69) is 19.2 Å². The van der Waals surface area contributed by atoms with Gasteiger partial charge in [0.25, 0.3) is 5.91 Å². The van der Waals surface area contributed by atoms with Gasteiger partial charge >= 0.3 is 0 Å². The standard InChI is InChI=1S/C16H22FNO/c1-10-5-4-6-15(12(10)3)18-16(19)13-8-7-11(2)14(17)9-13/h7-10,12,15H,4-6H2,1-3H3,(H,18,19). The van der Waals surface area contributed by atoms with Gasteiger partial charge in [-0.25, -0.2) is 4.39 Å². The minimum Gasteiger partial charge on any atom is -0.349 e. The summed E-state index contributed by atoms with van der Waals surface area (Å²) in [6.07, 6.45) is 3.40. The molecule has 1 amide bonds. The second-order valence-electron chi connectivity index (χ2n) is 5.81. The molecule has 1 aliphatic carbocycles. The van der Waals surface area contributed by atoms with E-state index in [1.165, 1.54) is 12.5 Å². The highest BCUT2D eigenvalue weighted by atomic mass is 19.1. The van der Waals surface area contributed by atoms with Crippen LogP contribution in [0.15, 0.2) is 18.2 Å². The number of hydrogen-bond donors (Lipinski definition) is 1. The first kappa shape index (κ1) is 14.0. The summed E-state index contributed by atoms with van der Waals surface area (Å²) in [5, 5.41) is 3.06. The van der Waals surface area contributed by atoms with Crippen LogP contribution in [0.5, 0.6) is 0 Å². The highest BCUT2D eigenvalue weighted by Crippen LogP contribution is 2.29. The molecule has 0 saturated heterocycles. The van der Waals surface area contributed by atoms with Crippen LogP contribution < -0.4 is 5.32 Å². The van der Waals surface area contributed by atoms with Crippen molar-refractivity contribution in [3.05, 3.63) is 35.1 Å². The fourth-order valence-corrected chi connectivity index (χ4v) is 2.77. The zero-order chi connectivity index (χ0) is 14.0. The Labute approximate surface area is 114 Å². The van der Waals surface area contributed by atoms with Crippen LogP contribution >= 0.6 is 0 Å². The molecule has 1 fully saturated rings. The topological polar surface area (TPSA) is 29.1 Å². The third kappa shape index (κ3) is 3.14. The third-order valence-corrected chi connectivity index (χ3v) is 4.46. The van der Waals surface area contributed by atoms with Crippen molar-refractivity contribution < 1.29 is 9.18 Å². The summed E-state index contributed by atoms with van der Waals surface area (Å²) in [6, 6.07) is 4.87. The van der Waals surface area contributed by atoms with E-state index in [1.807, 2.05) is 0 Å². The first-order valence-corrected chi connectivity index (χ1v) is 7.06. The Morgan fingerprint density at radius 3 is 2.74 bits per heavy atom. The number of rotatable bonds is 2. The minimum absolute atomic E-state index is 0.162. The van der Waals surface area contributed by atoms with Crippen LogP contribution in [0.25, 0.3) is 0 Å². The zero-order valence-corrected chi connectivity index (χ0v) is 11.9. The lowest BCUT2D eigenvalue weighted by Gasteiger charge is -2.34. The molecule has 3 unspecified atom stereocenters. The second kappa shape index (κ2) is 5.72. The van der Waals surface area contributed by atoms with Crippen molar-refractivity contribution in [1.29, 1.82) is 0 Å². The van der Waals surface area contributed by atoms with Gasteiger partial charge in [-0.2, -0.15) is 0 Å². The van der Waals surface area contributed by atoms with Gasteiger partial charge in [0.2, 0.25) is 0 Å². The molecule has 0 heterocycles. The lowest BCUT2D eigenvalue weighted by molar-refractivity contribution is 0.0890. The molecule has 1 saturated carbocycles. The van der Waals surface area contributed by atoms with Crippen LogP contribution in [0.3, 0.4) is 0 Å². The molecule has 104 valence electrons. The van der Waals surface area contributed by atoms with Crippen molar-refractivity contribution in [2.45, 2.75) is 46.1 Å². The Morgan fingerprint density at radius 1 is 1.32 bits per heavy atom. The minimum atomic E-state index is -0.322. The molecule has 3 heteroatoms. The van der Waals surface area contributed by atoms with E-state index in [-0.39, 0.29) is 17.8 Å². The van der Waals surface area contributed by atoms with Crippen molar-refractivity contribution in [2.75, 3.05) is 0 Å². The summed E-state index contributed by atoms with van der Waals surface area (Å²) in [4.78, 5) is 12.2. The van der Waals surface area contributed by atoms with E-state index in [9.17, 15) is 9.18 Å². The monoisotopic (exact) mass is 263 g/mol. The van der Waals surface area contributed by atoms with E-state index in [0.717, 1.165) is 12.8 Å². The predicted octanol–water partition coefficient (Wildman–Crippen LogP) is 3.69. The molecule has 0 spiro atoms. The van der Waals surface area contributed by atoms with Crippen molar-refractivity contribution in [3.63, 3.8) is 0 Å².